The standard InChI is InChI=1S/C20H21F2NO4/c1-11-17(20(25)27-9-8-26-2)18(12-6-7-13(21)14(22)10-12)19-15(23-11)4-3-5-16(19)24/h6-7,10,17-18H,3-5,8-9H2,1-2H3/t17?,18-/m0/s1. The van der Waals surface area contributed by atoms with E-state index in [1.807, 2.05) is 0 Å². The van der Waals surface area contributed by atoms with E-state index in [2.05, 4.69) is 4.99 Å². The predicted molar refractivity (Wildman–Crippen MR) is 94.4 cm³/mol. The van der Waals surface area contributed by atoms with Gasteiger partial charge in [-0.1, -0.05) is 6.07 Å². The van der Waals surface area contributed by atoms with Crippen molar-refractivity contribution in [3.63, 3.8) is 0 Å². The molecule has 0 fully saturated rings. The first-order chi connectivity index (χ1) is 12.9. The molecular formula is C20H21F2NO4. The van der Waals surface area contributed by atoms with Gasteiger partial charge >= 0.3 is 5.97 Å². The summed E-state index contributed by atoms with van der Waals surface area (Å²) in [5, 5.41) is 0. The highest BCUT2D eigenvalue weighted by atomic mass is 19.2. The molecule has 5 nitrogen and oxygen atoms in total. The van der Waals surface area contributed by atoms with Crippen LogP contribution >= 0.6 is 0 Å². The van der Waals surface area contributed by atoms with Gasteiger partial charge in [0.05, 0.1) is 6.61 Å². The maximum atomic E-state index is 13.9. The molecule has 1 heterocycles. The molecular weight excluding hydrogens is 356 g/mol. The highest BCUT2D eigenvalue weighted by Gasteiger charge is 2.43. The zero-order valence-corrected chi connectivity index (χ0v) is 15.3. The molecule has 1 aliphatic heterocycles. The van der Waals surface area contributed by atoms with Gasteiger partial charge < -0.3 is 9.47 Å². The van der Waals surface area contributed by atoms with E-state index in [9.17, 15) is 18.4 Å². The van der Waals surface area contributed by atoms with Gasteiger partial charge in [-0.25, -0.2) is 8.78 Å². The highest BCUT2D eigenvalue weighted by Crippen LogP contribution is 2.43. The average Bonchev–Trinajstić information content (AvgIpc) is 2.63. The summed E-state index contributed by atoms with van der Waals surface area (Å²) < 4.78 is 37.5. The number of ketones is 1. The Morgan fingerprint density at radius 2 is 2.00 bits per heavy atom. The number of hydrogen-bond donors (Lipinski definition) is 0. The third kappa shape index (κ3) is 3.83. The van der Waals surface area contributed by atoms with Crippen molar-refractivity contribution in [1.29, 1.82) is 0 Å². The zero-order chi connectivity index (χ0) is 19.6. The first-order valence-corrected chi connectivity index (χ1v) is 8.86. The van der Waals surface area contributed by atoms with Gasteiger partial charge in [-0.2, -0.15) is 0 Å². The molecule has 2 aliphatic rings. The van der Waals surface area contributed by atoms with E-state index in [0.717, 1.165) is 12.1 Å². The second-order valence-electron chi connectivity index (χ2n) is 6.68. The molecule has 2 atom stereocenters. The third-order valence-corrected chi connectivity index (χ3v) is 4.92. The van der Waals surface area contributed by atoms with Crippen molar-refractivity contribution in [1.82, 2.24) is 0 Å². The van der Waals surface area contributed by atoms with Crippen molar-refractivity contribution >= 4 is 17.5 Å². The molecule has 0 radical (unpaired) electrons. The normalized spacial score (nSPS) is 22.4. The molecule has 7 heteroatoms. The van der Waals surface area contributed by atoms with Crippen molar-refractivity contribution in [2.75, 3.05) is 20.3 Å². The van der Waals surface area contributed by atoms with E-state index in [1.54, 1.807) is 6.92 Å². The number of aliphatic imine (C=N–C) groups is 1. The Balaban J connectivity index is 2.06. The smallest absolute Gasteiger partial charge is 0.315 e. The molecule has 1 aromatic carbocycles. The number of esters is 1. The molecule has 0 spiro atoms. The van der Waals surface area contributed by atoms with Crippen LogP contribution in [0.15, 0.2) is 34.5 Å². The fourth-order valence-corrected chi connectivity index (χ4v) is 3.69. The Kier molecular flexibility index (Phi) is 5.79. The molecule has 1 unspecified atom stereocenters. The van der Waals surface area contributed by atoms with Crippen LogP contribution in [-0.4, -0.2) is 37.8 Å². The minimum absolute atomic E-state index is 0.0590. The van der Waals surface area contributed by atoms with Gasteiger partial charge in [0.1, 0.15) is 12.5 Å². The topological polar surface area (TPSA) is 65.0 Å². The number of carbonyl (C=O) groups excluding carboxylic acids is 2. The second kappa shape index (κ2) is 8.08. The minimum Gasteiger partial charge on any atom is -0.463 e. The van der Waals surface area contributed by atoms with Gasteiger partial charge in [-0.3, -0.25) is 14.6 Å². The number of hydrogen-bond acceptors (Lipinski definition) is 5. The second-order valence-corrected chi connectivity index (χ2v) is 6.68. The van der Waals surface area contributed by atoms with Crippen LogP contribution in [0.1, 0.15) is 37.7 Å². The number of benzene rings is 1. The van der Waals surface area contributed by atoms with Crippen molar-refractivity contribution in [2.24, 2.45) is 10.9 Å². The molecule has 0 saturated heterocycles. The molecule has 1 aromatic rings. The molecule has 0 saturated carbocycles. The van der Waals surface area contributed by atoms with E-state index in [-0.39, 0.29) is 19.0 Å². The summed E-state index contributed by atoms with van der Waals surface area (Å²) in [4.78, 5) is 29.8. The Bertz CT molecular complexity index is 831. The lowest BCUT2D eigenvalue weighted by molar-refractivity contribution is -0.147. The van der Waals surface area contributed by atoms with Crippen molar-refractivity contribution in [3.8, 4) is 0 Å². The molecule has 0 N–H and O–H groups in total. The van der Waals surface area contributed by atoms with Gasteiger partial charge in [-0.15, -0.1) is 0 Å². The average molecular weight is 377 g/mol. The first-order valence-electron chi connectivity index (χ1n) is 8.86. The lowest BCUT2D eigenvalue weighted by Crippen LogP contribution is -2.37. The number of nitrogens with zero attached hydrogens (tertiary/aromatic N) is 1. The summed E-state index contributed by atoms with van der Waals surface area (Å²) in [5.74, 6) is -4.29. The lowest BCUT2D eigenvalue weighted by Gasteiger charge is -2.34. The zero-order valence-electron chi connectivity index (χ0n) is 15.3. The summed E-state index contributed by atoms with van der Waals surface area (Å²) in [6, 6.07) is 3.46. The van der Waals surface area contributed by atoms with Gasteiger partial charge in [0.25, 0.3) is 0 Å². The highest BCUT2D eigenvalue weighted by molar-refractivity contribution is 6.08. The maximum Gasteiger partial charge on any atom is 0.315 e. The van der Waals surface area contributed by atoms with Crippen LogP contribution in [-0.2, 0) is 19.1 Å². The van der Waals surface area contributed by atoms with Gasteiger partial charge in [-0.05, 0) is 37.5 Å². The lowest BCUT2D eigenvalue weighted by atomic mass is 9.72. The Hall–Kier alpha value is -2.41. The number of allylic oxidation sites excluding steroid dienone is 2. The summed E-state index contributed by atoms with van der Waals surface area (Å²) in [6.45, 7) is 1.98. The third-order valence-electron chi connectivity index (χ3n) is 4.92. The van der Waals surface area contributed by atoms with E-state index in [1.165, 1.54) is 13.2 Å². The largest absolute Gasteiger partial charge is 0.463 e. The van der Waals surface area contributed by atoms with Crippen LogP contribution in [0.5, 0.6) is 0 Å². The SMILES string of the molecule is COCCOC(=O)C1C(C)=NC2=C(C(=O)CCC2)[C@H]1c1ccc(F)c(F)c1. The summed E-state index contributed by atoms with van der Waals surface area (Å²) in [7, 11) is 1.49. The molecule has 0 bridgehead atoms. The molecule has 1 aliphatic carbocycles. The number of ether oxygens (including phenoxy) is 2. The Morgan fingerprint density at radius 1 is 1.22 bits per heavy atom. The van der Waals surface area contributed by atoms with E-state index >= 15 is 0 Å². The number of Topliss-reactive ketones (excluding diaryl/α,β-unsaturated/α-hetero) is 1. The van der Waals surface area contributed by atoms with Crippen molar-refractivity contribution < 1.29 is 27.8 Å². The molecule has 0 aromatic heterocycles. The van der Waals surface area contributed by atoms with Crippen LogP contribution in [0, 0.1) is 17.6 Å². The van der Waals surface area contributed by atoms with Crippen molar-refractivity contribution in [3.05, 3.63) is 46.7 Å². The molecule has 27 heavy (non-hydrogen) atoms. The van der Waals surface area contributed by atoms with Gasteiger partial charge in [0.15, 0.2) is 17.4 Å². The number of methoxy groups -OCH3 is 1. The van der Waals surface area contributed by atoms with E-state index < -0.39 is 29.4 Å². The molecule has 3 rings (SSSR count). The van der Waals surface area contributed by atoms with Crippen LogP contribution in [0.3, 0.4) is 0 Å². The van der Waals surface area contributed by atoms with Crippen molar-refractivity contribution in [2.45, 2.75) is 32.1 Å². The fraction of sp³-hybridized carbons (Fsp3) is 0.450. The van der Waals surface area contributed by atoms with E-state index in [4.69, 9.17) is 9.47 Å². The quantitative estimate of drug-likeness (QED) is 0.583. The first kappa shape index (κ1) is 19.4. The fourth-order valence-electron chi connectivity index (χ4n) is 3.69. The Labute approximate surface area is 156 Å². The van der Waals surface area contributed by atoms with Crippen LogP contribution in [0.25, 0.3) is 0 Å². The summed E-state index contributed by atoms with van der Waals surface area (Å²) in [6.07, 6.45) is 1.64. The Morgan fingerprint density at radius 3 is 2.70 bits per heavy atom. The number of halogens is 2. The van der Waals surface area contributed by atoms with Gasteiger partial charge in [0, 0.05) is 36.4 Å². The van der Waals surface area contributed by atoms with Crippen LogP contribution in [0.2, 0.25) is 0 Å². The minimum atomic E-state index is -1.02. The number of carbonyl (C=O) groups is 2. The van der Waals surface area contributed by atoms with Crippen LogP contribution in [0.4, 0.5) is 8.78 Å². The molecule has 0 amide bonds. The monoisotopic (exact) mass is 377 g/mol. The van der Waals surface area contributed by atoms with E-state index in [0.29, 0.717) is 41.8 Å². The van der Waals surface area contributed by atoms with Gasteiger partial charge in [0.2, 0.25) is 0 Å². The predicted octanol–water partition coefficient (Wildman–Crippen LogP) is 3.34. The van der Waals surface area contributed by atoms with Crippen LogP contribution < -0.4 is 0 Å². The maximum absolute atomic E-state index is 13.9. The number of rotatable bonds is 5. The molecule has 144 valence electrons. The summed E-state index contributed by atoms with van der Waals surface area (Å²) in [5.41, 5.74) is 1.89. The summed E-state index contributed by atoms with van der Waals surface area (Å²) >= 11 is 0.